The first-order valence-corrected chi connectivity index (χ1v) is 6.61. The Morgan fingerprint density at radius 2 is 2.05 bits per heavy atom. The summed E-state index contributed by atoms with van der Waals surface area (Å²) in [5.74, 6) is 1.30. The monoisotopic (exact) mass is 264 g/mol. The predicted octanol–water partition coefficient (Wildman–Crippen LogP) is 2.85. The zero-order valence-corrected chi connectivity index (χ0v) is 11.5. The SMILES string of the molecule is COc1ccc(C(=O)CC2CCCCO2)cc1OC. The van der Waals surface area contributed by atoms with Gasteiger partial charge in [-0.05, 0) is 37.5 Å². The minimum Gasteiger partial charge on any atom is -0.493 e. The zero-order chi connectivity index (χ0) is 13.7. The Bertz CT molecular complexity index is 436. The summed E-state index contributed by atoms with van der Waals surface area (Å²) in [5, 5.41) is 0. The van der Waals surface area contributed by atoms with E-state index < -0.39 is 0 Å². The van der Waals surface area contributed by atoms with Crippen LogP contribution in [0.2, 0.25) is 0 Å². The van der Waals surface area contributed by atoms with Crippen molar-refractivity contribution in [2.45, 2.75) is 31.8 Å². The highest BCUT2D eigenvalue weighted by Crippen LogP contribution is 2.28. The molecule has 1 aromatic rings. The van der Waals surface area contributed by atoms with Crippen LogP contribution in [-0.4, -0.2) is 32.7 Å². The van der Waals surface area contributed by atoms with Gasteiger partial charge in [-0.3, -0.25) is 4.79 Å². The number of ether oxygens (including phenoxy) is 3. The second-order valence-corrected chi connectivity index (χ2v) is 4.69. The van der Waals surface area contributed by atoms with Gasteiger partial charge in [0, 0.05) is 18.6 Å². The van der Waals surface area contributed by atoms with Gasteiger partial charge in [-0.15, -0.1) is 0 Å². The molecule has 0 N–H and O–H groups in total. The van der Waals surface area contributed by atoms with Gasteiger partial charge in [0.05, 0.1) is 20.3 Å². The topological polar surface area (TPSA) is 44.8 Å². The van der Waals surface area contributed by atoms with Crippen LogP contribution in [0.5, 0.6) is 11.5 Å². The van der Waals surface area contributed by atoms with E-state index in [1.165, 1.54) is 0 Å². The number of rotatable bonds is 5. The fourth-order valence-corrected chi connectivity index (χ4v) is 2.30. The summed E-state index contributed by atoms with van der Waals surface area (Å²) in [6.45, 7) is 0.768. The van der Waals surface area contributed by atoms with Crippen LogP contribution < -0.4 is 9.47 Å². The molecule has 0 aromatic heterocycles. The summed E-state index contributed by atoms with van der Waals surface area (Å²) in [6.07, 6.45) is 3.72. The summed E-state index contributed by atoms with van der Waals surface area (Å²) in [7, 11) is 3.14. The standard InChI is InChI=1S/C15H20O4/c1-17-14-7-6-11(9-15(14)18-2)13(16)10-12-5-3-4-8-19-12/h6-7,9,12H,3-5,8,10H2,1-2H3. The van der Waals surface area contributed by atoms with Crippen LogP contribution in [0.25, 0.3) is 0 Å². The van der Waals surface area contributed by atoms with Crippen LogP contribution in [0.4, 0.5) is 0 Å². The second kappa shape index (κ2) is 6.57. The van der Waals surface area contributed by atoms with Crippen LogP contribution >= 0.6 is 0 Å². The summed E-state index contributed by atoms with van der Waals surface area (Å²) in [5.41, 5.74) is 0.645. The minimum absolute atomic E-state index is 0.0642. The molecular weight excluding hydrogens is 244 g/mol. The van der Waals surface area contributed by atoms with Crippen LogP contribution in [0.1, 0.15) is 36.0 Å². The van der Waals surface area contributed by atoms with Crippen molar-refractivity contribution in [3.8, 4) is 11.5 Å². The fraction of sp³-hybridized carbons (Fsp3) is 0.533. The van der Waals surface area contributed by atoms with Gasteiger partial charge in [-0.1, -0.05) is 0 Å². The number of carbonyl (C=O) groups excluding carboxylic acids is 1. The Hall–Kier alpha value is -1.55. The molecule has 4 nitrogen and oxygen atoms in total. The highest BCUT2D eigenvalue weighted by atomic mass is 16.5. The number of ketones is 1. The second-order valence-electron chi connectivity index (χ2n) is 4.69. The smallest absolute Gasteiger partial charge is 0.165 e. The van der Waals surface area contributed by atoms with Crippen molar-refractivity contribution in [1.82, 2.24) is 0 Å². The number of carbonyl (C=O) groups is 1. The first-order valence-electron chi connectivity index (χ1n) is 6.61. The average Bonchev–Trinajstić information content (AvgIpc) is 2.47. The van der Waals surface area contributed by atoms with Gasteiger partial charge in [0.1, 0.15) is 0 Å². The van der Waals surface area contributed by atoms with E-state index in [9.17, 15) is 4.79 Å². The Labute approximate surface area is 113 Å². The van der Waals surface area contributed by atoms with Crippen LogP contribution in [0.15, 0.2) is 18.2 Å². The predicted molar refractivity (Wildman–Crippen MR) is 72.1 cm³/mol. The number of methoxy groups -OCH3 is 2. The van der Waals surface area contributed by atoms with E-state index >= 15 is 0 Å². The van der Waals surface area contributed by atoms with Crippen molar-refractivity contribution >= 4 is 5.78 Å². The van der Waals surface area contributed by atoms with Crippen molar-refractivity contribution in [2.24, 2.45) is 0 Å². The van der Waals surface area contributed by atoms with Gasteiger partial charge in [0.15, 0.2) is 17.3 Å². The third-order valence-corrected chi connectivity index (χ3v) is 3.39. The van der Waals surface area contributed by atoms with Crippen molar-refractivity contribution in [3.63, 3.8) is 0 Å². The highest BCUT2D eigenvalue weighted by Gasteiger charge is 2.19. The molecule has 0 saturated carbocycles. The van der Waals surface area contributed by atoms with Crippen LogP contribution in [0.3, 0.4) is 0 Å². The molecule has 1 atom stereocenters. The molecule has 1 fully saturated rings. The van der Waals surface area contributed by atoms with Crippen molar-refractivity contribution in [3.05, 3.63) is 23.8 Å². The maximum absolute atomic E-state index is 12.2. The molecule has 1 heterocycles. The van der Waals surface area contributed by atoms with Crippen molar-refractivity contribution < 1.29 is 19.0 Å². The normalized spacial score (nSPS) is 18.9. The fourth-order valence-electron chi connectivity index (χ4n) is 2.30. The molecule has 4 heteroatoms. The average molecular weight is 264 g/mol. The number of hydrogen-bond donors (Lipinski definition) is 0. The lowest BCUT2D eigenvalue weighted by atomic mass is 10.00. The molecule has 0 radical (unpaired) electrons. The maximum Gasteiger partial charge on any atom is 0.165 e. The Morgan fingerprint density at radius 3 is 2.68 bits per heavy atom. The molecule has 0 bridgehead atoms. The Kier molecular flexibility index (Phi) is 4.80. The van der Waals surface area contributed by atoms with E-state index in [0.29, 0.717) is 23.5 Å². The molecule has 19 heavy (non-hydrogen) atoms. The number of Topliss-reactive ketones (excluding diaryl/α,β-unsaturated/α-hetero) is 1. The molecule has 1 aromatic carbocycles. The highest BCUT2D eigenvalue weighted by molar-refractivity contribution is 5.97. The van der Waals surface area contributed by atoms with E-state index in [-0.39, 0.29) is 11.9 Å². The lowest BCUT2D eigenvalue weighted by Crippen LogP contribution is -2.22. The third kappa shape index (κ3) is 3.47. The molecule has 0 aliphatic carbocycles. The molecule has 0 amide bonds. The third-order valence-electron chi connectivity index (χ3n) is 3.39. The molecule has 1 aliphatic rings. The zero-order valence-electron chi connectivity index (χ0n) is 11.5. The molecule has 2 rings (SSSR count). The lowest BCUT2D eigenvalue weighted by molar-refractivity contribution is 0.0129. The van der Waals surface area contributed by atoms with E-state index in [2.05, 4.69) is 0 Å². The maximum atomic E-state index is 12.2. The molecule has 1 unspecified atom stereocenters. The molecule has 0 spiro atoms. The minimum atomic E-state index is 0.0642. The molecular formula is C15H20O4. The Morgan fingerprint density at radius 1 is 1.26 bits per heavy atom. The van der Waals surface area contributed by atoms with Gasteiger partial charge >= 0.3 is 0 Å². The van der Waals surface area contributed by atoms with E-state index in [1.807, 2.05) is 0 Å². The summed E-state index contributed by atoms with van der Waals surface area (Å²) in [6, 6.07) is 5.25. The van der Waals surface area contributed by atoms with Crippen LogP contribution in [0, 0.1) is 0 Å². The quantitative estimate of drug-likeness (QED) is 0.767. The van der Waals surface area contributed by atoms with E-state index in [0.717, 1.165) is 25.9 Å². The number of benzene rings is 1. The van der Waals surface area contributed by atoms with Crippen molar-refractivity contribution in [1.29, 1.82) is 0 Å². The first-order chi connectivity index (χ1) is 9.24. The largest absolute Gasteiger partial charge is 0.493 e. The van der Waals surface area contributed by atoms with Gasteiger partial charge < -0.3 is 14.2 Å². The Balaban J connectivity index is 2.05. The molecule has 1 saturated heterocycles. The number of hydrogen-bond acceptors (Lipinski definition) is 4. The summed E-state index contributed by atoms with van der Waals surface area (Å²) in [4.78, 5) is 12.2. The summed E-state index contributed by atoms with van der Waals surface area (Å²) < 4.78 is 16.0. The van der Waals surface area contributed by atoms with Gasteiger partial charge in [0.25, 0.3) is 0 Å². The van der Waals surface area contributed by atoms with Crippen molar-refractivity contribution in [2.75, 3.05) is 20.8 Å². The lowest BCUT2D eigenvalue weighted by Gasteiger charge is -2.21. The first kappa shape index (κ1) is 13.9. The van der Waals surface area contributed by atoms with E-state index in [1.54, 1.807) is 32.4 Å². The molecule has 1 aliphatic heterocycles. The van der Waals surface area contributed by atoms with Gasteiger partial charge in [-0.25, -0.2) is 0 Å². The van der Waals surface area contributed by atoms with Gasteiger partial charge in [-0.2, -0.15) is 0 Å². The molecule has 104 valence electrons. The van der Waals surface area contributed by atoms with E-state index in [4.69, 9.17) is 14.2 Å². The van der Waals surface area contributed by atoms with Gasteiger partial charge in [0.2, 0.25) is 0 Å². The summed E-state index contributed by atoms with van der Waals surface area (Å²) >= 11 is 0. The van der Waals surface area contributed by atoms with Crippen LogP contribution in [-0.2, 0) is 4.74 Å².